The highest BCUT2D eigenvalue weighted by atomic mass is 127. The zero-order valence-corrected chi connectivity index (χ0v) is 17.7. The van der Waals surface area contributed by atoms with Gasteiger partial charge in [-0.15, -0.1) is 0 Å². The van der Waals surface area contributed by atoms with Crippen LogP contribution in [0.3, 0.4) is 0 Å². The fourth-order valence-electron chi connectivity index (χ4n) is 2.93. The number of halogens is 3. The number of primary amides is 1. The summed E-state index contributed by atoms with van der Waals surface area (Å²) in [4.78, 5) is 22.4. The first-order valence-corrected chi connectivity index (χ1v) is 9.83. The Balaban J connectivity index is 1.79. The summed E-state index contributed by atoms with van der Waals surface area (Å²) in [5.41, 5.74) is 6.07. The van der Waals surface area contributed by atoms with Crippen molar-refractivity contribution < 1.29 is 9.53 Å². The second kappa shape index (κ2) is 7.74. The van der Waals surface area contributed by atoms with E-state index in [9.17, 15) is 4.79 Å². The van der Waals surface area contributed by atoms with Gasteiger partial charge in [-0.2, -0.15) is 0 Å². The van der Waals surface area contributed by atoms with Gasteiger partial charge in [0.05, 0.1) is 16.2 Å². The minimum atomic E-state index is -0.738. The summed E-state index contributed by atoms with van der Waals surface area (Å²) in [6.07, 6.45) is 2.34. The van der Waals surface area contributed by atoms with Gasteiger partial charge in [0.1, 0.15) is 20.8 Å². The third kappa shape index (κ3) is 4.15. The maximum absolute atomic E-state index is 11.0. The molecule has 2 aromatic rings. The van der Waals surface area contributed by atoms with E-state index < -0.39 is 11.7 Å². The summed E-state index contributed by atoms with van der Waals surface area (Å²) >= 11 is 14.5. The van der Waals surface area contributed by atoms with Crippen LogP contribution in [0.2, 0.25) is 10.0 Å². The maximum atomic E-state index is 11.0. The van der Waals surface area contributed by atoms with E-state index in [0.29, 0.717) is 41.7 Å². The van der Waals surface area contributed by atoms with Crippen LogP contribution in [-0.2, 0) is 4.74 Å². The first-order chi connectivity index (χ1) is 12.3. The van der Waals surface area contributed by atoms with Crippen molar-refractivity contribution in [3.63, 3.8) is 0 Å². The number of benzene rings is 1. The van der Waals surface area contributed by atoms with E-state index in [1.54, 1.807) is 12.3 Å². The average molecular weight is 507 g/mol. The van der Waals surface area contributed by atoms with Crippen LogP contribution >= 0.6 is 45.8 Å². The van der Waals surface area contributed by atoms with Gasteiger partial charge >= 0.3 is 6.09 Å². The van der Waals surface area contributed by atoms with Gasteiger partial charge in [-0.1, -0.05) is 35.3 Å². The monoisotopic (exact) mass is 506 g/mol. The molecule has 1 fully saturated rings. The fourth-order valence-corrected chi connectivity index (χ4v) is 4.00. The van der Waals surface area contributed by atoms with Crippen LogP contribution in [0.5, 0.6) is 0 Å². The highest BCUT2D eigenvalue weighted by Crippen LogP contribution is 2.35. The van der Waals surface area contributed by atoms with Crippen LogP contribution in [0.4, 0.5) is 10.6 Å². The average Bonchev–Trinajstić information content (AvgIpc) is 2.57. The van der Waals surface area contributed by atoms with Gasteiger partial charge in [0.2, 0.25) is 0 Å². The third-order valence-electron chi connectivity index (χ3n) is 4.42. The zero-order valence-electron chi connectivity index (χ0n) is 14.0. The zero-order chi connectivity index (χ0) is 18.9. The van der Waals surface area contributed by atoms with E-state index in [1.165, 1.54) is 0 Å². The number of nitrogens with zero attached hydrogens (tertiary/aromatic N) is 3. The highest BCUT2D eigenvalue weighted by molar-refractivity contribution is 14.1. The van der Waals surface area contributed by atoms with Crippen LogP contribution in [0.1, 0.15) is 19.8 Å². The number of aromatic nitrogens is 2. The largest absolute Gasteiger partial charge is 0.443 e. The number of piperidine rings is 1. The molecule has 1 aliphatic rings. The minimum absolute atomic E-state index is 0.464. The van der Waals surface area contributed by atoms with Gasteiger partial charge in [-0.3, -0.25) is 0 Å². The van der Waals surface area contributed by atoms with Crippen LogP contribution < -0.4 is 10.6 Å². The molecule has 1 saturated heterocycles. The molecule has 1 amide bonds. The summed E-state index contributed by atoms with van der Waals surface area (Å²) in [5.74, 6) is 0.775. The predicted octanol–water partition coefficient (Wildman–Crippen LogP) is 4.51. The molecule has 0 aliphatic carbocycles. The molecule has 26 heavy (non-hydrogen) atoms. The summed E-state index contributed by atoms with van der Waals surface area (Å²) in [7, 11) is 0. The molecule has 1 aromatic heterocycles. The van der Waals surface area contributed by atoms with Gasteiger partial charge in [-0.25, -0.2) is 14.8 Å². The van der Waals surface area contributed by atoms with Crippen molar-refractivity contribution in [2.75, 3.05) is 18.0 Å². The fraction of sp³-hybridized carbons (Fsp3) is 0.353. The Bertz CT molecular complexity index is 842. The molecule has 0 spiro atoms. The topological polar surface area (TPSA) is 81.3 Å². The SMILES string of the molecule is CC1(OC(N)=O)CCN(c2cnc(-c3cccc(Cl)c3Cl)c(I)n2)CC1. The Labute approximate surface area is 175 Å². The number of anilines is 1. The number of rotatable bonds is 3. The number of amides is 1. The number of hydrogen-bond acceptors (Lipinski definition) is 5. The van der Waals surface area contributed by atoms with Crippen molar-refractivity contribution >= 4 is 57.7 Å². The lowest BCUT2D eigenvalue weighted by Crippen LogP contribution is -2.46. The van der Waals surface area contributed by atoms with Gasteiger partial charge in [0.25, 0.3) is 0 Å². The Morgan fingerprint density at radius 2 is 2.04 bits per heavy atom. The van der Waals surface area contributed by atoms with Crippen LogP contribution in [0.25, 0.3) is 11.3 Å². The quantitative estimate of drug-likeness (QED) is 0.619. The van der Waals surface area contributed by atoms with Crippen molar-refractivity contribution in [1.29, 1.82) is 0 Å². The molecule has 0 unspecified atom stereocenters. The molecule has 0 bridgehead atoms. The van der Waals surface area contributed by atoms with E-state index in [4.69, 9.17) is 33.7 Å². The Morgan fingerprint density at radius 3 is 2.65 bits per heavy atom. The molecule has 3 rings (SSSR count). The molecule has 9 heteroatoms. The van der Waals surface area contributed by atoms with Gasteiger partial charge in [0, 0.05) is 31.5 Å². The second-order valence-electron chi connectivity index (χ2n) is 6.33. The Morgan fingerprint density at radius 1 is 1.35 bits per heavy atom. The molecular formula is C17H17Cl2IN4O2. The van der Waals surface area contributed by atoms with Crippen molar-refractivity contribution in [3.8, 4) is 11.3 Å². The van der Waals surface area contributed by atoms with E-state index in [1.807, 2.05) is 19.1 Å². The molecule has 6 nitrogen and oxygen atoms in total. The number of hydrogen-bond donors (Lipinski definition) is 1. The van der Waals surface area contributed by atoms with Crippen molar-refractivity contribution in [2.24, 2.45) is 5.73 Å². The molecule has 1 aromatic carbocycles. The lowest BCUT2D eigenvalue weighted by Gasteiger charge is -2.38. The third-order valence-corrected chi connectivity index (χ3v) is 5.99. The highest BCUT2D eigenvalue weighted by Gasteiger charge is 2.33. The molecule has 1 aliphatic heterocycles. The Kier molecular flexibility index (Phi) is 5.78. The number of nitrogens with two attached hydrogens (primary N) is 1. The summed E-state index contributed by atoms with van der Waals surface area (Å²) in [6, 6.07) is 5.44. The van der Waals surface area contributed by atoms with Crippen LogP contribution in [0, 0.1) is 3.70 Å². The van der Waals surface area contributed by atoms with Crippen LogP contribution in [-0.4, -0.2) is 34.8 Å². The normalized spacial score (nSPS) is 16.4. The standard InChI is InChI=1S/C17H17Cl2IN4O2/c1-17(26-16(21)25)5-7-24(8-6-17)12-9-22-14(15(20)23-12)10-3-2-4-11(18)13(10)19/h2-4,9H,5-8H2,1H3,(H2,21,25). The lowest BCUT2D eigenvalue weighted by atomic mass is 9.93. The summed E-state index contributed by atoms with van der Waals surface area (Å²) in [5, 5.41) is 0.946. The smallest absolute Gasteiger partial charge is 0.405 e. The molecule has 0 atom stereocenters. The molecule has 0 saturated carbocycles. The van der Waals surface area contributed by atoms with Crippen molar-refractivity contribution in [1.82, 2.24) is 9.97 Å². The maximum Gasteiger partial charge on any atom is 0.405 e. The van der Waals surface area contributed by atoms with Crippen molar-refractivity contribution in [2.45, 2.75) is 25.4 Å². The summed E-state index contributed by atoms with van der Waals surface area (Å²) in [6.45, 7) is 3.30. The summed E-state index contributed by atoms with van der Waals surface area (Å²) < 4.78 is 5.98. The molecule has 2 heterocycles. The number of carbonyl (C=O) groups excluding carboxylic acids is 1. The van der Waals surface area contributed by atoms with E-state index in [0.717, 1.165) is 15.1 Å². The van der Waals surface area contributed by atoms with E-state index in [2.05, 4.69) is 37.5 Å². The molecule has 138 valence electrons. The number of ether oxygens (including phenoxy) is 1. The van der Waals surface area contributed by atoms with Gasteiger partial charge in [-0.05, 0) is 35.6 Å². The van der Waals surface area contributed by atoms with Crippen molar-refractivity contribution in [3.05, 3.63) is 38.1 Å². The lowest BCUT2D eigenvalue weighted by molar-refractivity contribution is 0.0126. The first kappa shape index (κ1) is 19.4. The Hall–Kier alpha value is -1.32. The van der Waals surface area contributed by atoms with E-state index in [-0.39, 0.29) is 0 Å². The predicted molar refractivity (Wildman–Crippen MR) is 111 cm³/mol. The molecular weight excluding hydrogens is 490 g/mol. The van der Waals surface area contributed by atoms with Gasteiger partial charge in [0.15, 0.2) is 0 Å². The van der Waals surface area contributed by atoms with E-state index >= 15 is 0 Å². The molecule has 0 radical (unpaired) electrons. The second-order valence-corrected chi connectivity index (χ2v) is 8.13. The first-order valence-electron chi connectivity index (χ1n) is 7.99. The van der Waals surface area contributed by atoms with Crippen LogP contribution in [0.15, 0.2) is 24.4 Å². The number of carbonyl (C=O) groups is 1. The van der Waals surface area contributed by atoms with Gasteiger partial charge < -0.3 is 15.4 Å². The minimum Gasteiger partial charge on any atom is -0.443 e. The molecule has 2 N–H and O–H groups in total.